The molecule has 0 aliphatic rings. The first-order valence-electron chi connectivity index (χ1n) is 5.40. The first-order chi connectivity index (χ1) is 8.16. The molecule has 3 heteroatoms. The van der Waals surface area contributed by atoms with Crippen LogP contribution in [-0.4, -0.2) is 0 Å². The molecule has 2 rings (SSSR count). The third-order valence-corrected chi connectivity index (χ3v) is 3.45. The second-order valence-electron chi connectivity index (χ2n) is 3.93. The van der Waals surface area contributed by atoms with Crippen LogP contribution in [0, 0.1) is 12.7 Å². The molecule has 0 aliphatic heterocycles. The lowest BCUT2D eigenvalue weighted by Crippen LogP contribution is -2.00. The van der Waals surface area contributed by atoms with Gasteiger partial charge in [-0.3, -0.25) is 0 Å². The molecule has 0 saturated carbocycles. The predicted octanol–water partition coefficient (Wildman–Crippen LogP) is 4.51. The molecule has 0 fully saturated rings. The standard InChI is InChI=1S/C14H13BrFN/c1-10-5-7-12(8-6-10)17-9-11-3-2-4-13(16)14(11)15/h2-8,17H,9H2,1H3. The highest BCUT2D eigenvalue weighted by molar-refractivity contribution is 9.10. The Morgan fingerprint density at radius 3 is 2.53 bits per heavy atom. The number of halogens is 2. The number of hydrogen-bond donors (Lipinski definition) is 1. The summed E-state index contributed by atoms with van der Waals surface area (Å²) in [5, 5.41) is 3.26. The SMILES string of the molecule is Cc1ccc(NCc2cccc(F)c2Br)cc1. The molecule has 0 spiro atoms. The first kappa shape index (κ1) is 12.1. The van der Waals surface area contributed by atoms with Crippen molar-refractivity contribution in [2.45, 2.75) is 13.5 Å². The Balaban J connectivity index is 2.07. The smallest absolute Gasteiger partial charge is 0.137 e. The Hall–Kier alpha value is -1.35. The molecule has 2 aromatic carbocycles. The number of anilines is 1. The van der Waals surface area contributed by atoms with Crippen molar-refractivity contribution >= 4 is 21.6 Å². The molecule has 0 saturated heterocycles. The first-order valence-corrected chi connectivity index (χ1v) is 6.19. The maximum absolute atomic E-state index is 13.3. The molecule has 0 atom stereocenters. The lowest BCUT2D eigenvalue weighted by molar-refractivity contribution is 0.618. The third kappa shape index (κ3) is 3.07. The average molecular weight is 294 g/mol. The van der Waals surface area contributed by atoms with Gasteiger partial charge in [-0.1, -0.05) is 29.8 Å². The van der Waals surface area contributed by atoms with E-state index >= 15 is 0 Å². The van der Waals surface area contributed by atoms with Crippen molar-refractivity contribution in [3.8, 4) is 0 Å². The highest BCUT2D eigenvalue weighted by Crippen LogP contribution is 2.21. The maximum atomic E-state index is 13.3. The molecular weight excluding hydrogens is 281 g/mol. The van der Waals surface area contributed by atoms with Gasteiger partial charge in [0.2, 0.25) is 0 Å². The summed E-state index contributed by atoms with van der Waals surface area (Å²) in [5.41, 5.74) is 3.17. The van der Waals surface area contributed by atoms with E-state index in [2.05, 4.69) is 21.2 Å². The molecule has 0 aliphatic carbocycles. The molecule has 0 unspecified atom stereocenters. The van der Waals surface area contributed by atoms with Gasteiger partial charge in [-0.25, -0.2) is 4.39 Å². The van der Waals surface area contributed by atoms with Gasteiger partial charge in [0.05, 0.1) is 4.47 Å². The monoisotopic (exact) mass is 293 g/mol. The van der Waals surface area contributed by atoms with Crippen molar-refractivity contribution < 1.29 is 4.39 Å². The Labute approximate surface area is 109 Å². The van der Waals surface area contributed by atoms with Gasteiger partial charge in [-0.15, -0.1) is 0 Å². The summed E-state index contributed by atoms with van der Waals surface area (Å²) in [5.74, 6) is -0.229. The van der Waals surface area contributed by atoms with E-state index in [1.807, 2.05) is 37.3 Å². The van der Waals surface area contributed by atoms with Gasteiger partial charge < -0.3 is 5.32 Å². The minimum atomic E-state index is -0.229. The lowest BCUT2D eigenvalue weighted by Gasteiger charge is -2.08. The van der Waals surface area contributed by atoms with E-state index in [1.165, 1.54) is 11.6 Å². The Bertz CT molecular complexity index is 508. The van der Waals surface area contributed by atoms with Crippen LogP contribution in [0.2, 0.25) is 0 Å². The summed E-state index contributed by atoms with van der Waals surface area (Å²) < 4.78 is 13.8. The van der Waals surface area contributed by atoms with Crippen LogP contribution in [0.5, 0.6) is 0 Å². The van der Waals surface area contributed by atoms with Crippen LogP contribution >= 0.6 is 15.9 Å². The maximum Gasteiger partial charge on any atom is 0.137 e. The molecular formula is C14H13BrFN. The molecule has 0 radical (unpaired) electrons. The number of rotatable bonds is 3. The molecule has 0 heterocycles. The quantitative estimate of drug-likeness (QED) is 0.878. The van der Waals surface area contributed by atoms with Crippen molar-refractivity contribution in [1.29, 1.82) is 0 Å². The minimum Gasteiger partial charge on any atom is -0.381 e. The zero-order valence-electron chi connectivity index (χ0n) is 9.50. The number of hydrogen-bond acceptors (Lipinski definition) is 1. The molecule has 0 aromatic heterocycles. The van der Waals surface area contributed by atoms with Crippen LogP contribution in [0.25, 0.3) is 0 Å². The fourth-order valence-electron chi connectivity index (χ4n) is 1.55. The molecule has 0 amide bonds. The molecule has 1 nitrogen and oxygen atoms in total. The van der Waals surface area contributed by atoms with E-state index in [0.717, 1.165) is 11.3 Å². The van der Waals surface area contributed by atoms with E-state index in [1.54, 1.807) is 6.07 Å². The van der Waals surface area contributed by atoms with Crippen molar-refractivity contribution in [2.75, 3.05) is 5.32 Å². The van der Waals surface area contributed by atoms with E-state index in [0.29, 0.717) is 11.0 Å². The predicted molar refractivity (Wildman–Crippen MR) is 72.6 cm³/mol. The zero-order valence-corrected chi connectivity index (χ0v) is 11.1. The van der Waals surface area contributed by atoms with Crippen molar-refractivity contribution in [2.24, 2.45) is 0 Å². The van der Waals surface area contributed by atoms with Crippen molar-refractivity contribution in [3.63, 3.8) is 0 Å². The van der Waals surface area contributed by atoms with Gasteiger partial charge in [-0.05, 0) is 46.6 Å². The molecule has 0 bridgehead atoms. The van der Waals surface area contributed by atoms with Gasteiger partial charge in [0.25, 0.3) is 0 Å². The van der Waals surface area contributed by atoms with E-state index < -0.39 is 0 Å². The van der Waals surface area contributed by atoms with Gasteiger partial charge >= 0.3 is 0 Å². The van der Waals surface area contributed by atoms with Crippen molar-refractivity contribution in [3.05, 3.63) is 63.9 Å². The Morgan fingerprint density at radius 1 is 1.12 bits per heavy atom. The second-order valence-corrected chi connectivity index (χ2v) is 4.73. The van der Waals surface area contributed by atoms with Gasteiger partial charge in [0, 0.05) is 12.2 Å². The highest BCUT2D eigenvalue weighted by Gasteiger charge is 2.04. The molecule has 88 valence electrons. The Morgan fingerprint density at radius 2 is 1.82 bits per heavy atom. The normalized spacial score (nSPS) is 10.3. The highest BCUT2D eigenvalue weighted by atomic mass is 79.9. The largest absolute Gasteiger partial charge is 0.381 e. The third-order valence-electron chi connectivity index (χ3n) is 2.57. The van der Waals surface area contributed by atoms with E-state index in [9.17, 15) is 4.39 Å². The van der Waals surface area contributed by atoms with Gasteiger partial charge in [0.1, 0.15) is 5.82 Å². The van der Waals surface area contributed by atoms with E-state index in [-0.39, 0.29) is 5.82 Å². The molecule has 1 N–H and O–H groups in total. The summed E-state index contributed by atoms with van der Waals surface area (Å²) in [7, 11) is 0. The van der Waals surface area contributed by atoms with Crippen LogP contribution in [0.3, 0.4) is 0 Å². The van der Waals surface area contributed by atoms with Gasteiger partial charge in [-0.2, -0.15) is 0 Å². The number of aryl methyl sites for hydroxylation is 1. The summed E-state index contributed by atoms with van der Waals surface area (Å²) in [4.78, 5) is 0. The van der Waals surface area contributed by atoms with E-state index in [4.69, 9.17) is 0 Å². The van der Waals surface area contributed by atoms with Crippen molar-refractivity contribution in [1.82, 2.24) is 0 Å². The van der Waals surface area contributed by atoms with Crippen LogP contribution in [0.4, 0.5) is 10.1 Å². The molecule has 17 heavy (non-hydrogen) atoms. The van der Waals surface area contributed by atoms with Gasteiger partial charge in [0.15, 0.2) is 0 Å². The fraction of sp³-hybridized carbons (Fsp3) is 0.143. The zero-order chi connectivity index (χ0) is 12.3. The second kappa shape index (κ2) is 5.32. The fourth-order valence-corrected chi connectivity index (χ4v) is 1.96. The summed E-state index contributed by atoms with van der Waals surface area (Å²) >= 11 is 3.25. The Kier molecular flexibility index (Phi) is 3.79. The van der Waals surface area contributed by atoms with Crippen LogP contribution < -0.4 is 5.32 Å². The van der Waals surface area contributed by atoms with Crippen LogP contribution in [0.1, 0.15) is 11.1 Å². The minimum absolute atomic E-state index is 0.229. The topological polar surface area (TPSA) is 12.0 Å². The van der Waals surface area contributed by atoms with Crippen LogP contribution in [0.15, 0.2) is 46.9 Å². The number of benzene rings is 2. The number of nitrogens with one attached hydrogen (secondary N) is 1. The summed E-state index contributed by atoms with van der Waals surface area (Å²) in [6.07, 6.45) is 0. The van der Waals surface area contributed by atoms with Crippen LogP contribution in [-0.2, 0) is 6.54 Å². The lowest BCUT2D eigenvalue weighted by atomic mass is 10.2. The molecule has 2 aromatic rings. The average Bonchev–Trinajstić information content (AvgIpc) is 2.33. The summed E-state index contributed by atoms with van der Waals surface area (Å²) in [6.45, 7) is 2.65. The summed E-state index contributed by atoms with van der Waals surface area (Å²) in [6, 6.07) is 13.2.